The first-order valence-electron chi connectivity index (χ1n) is 12.6. The fraction of sp³-hybridized carbons (Fsp3) is 0.591. The van der Waals surface area contributed by atoms with E-state index in [0.29, 0.717) is 15.6 Å². The first-order valence-corrected chi connectivity index (χ1v) is 14.6. The molecule has 3 aliphatic rings. The van der Waals surface area contributed by atoms with Gasteiger partial charge in [0.15, 0.2) is 0 Å². The Labute approximate surface area is 247 Å². The van der Waals surface area contributed by atoms with Gasteiger partial charge < -0.3 is 30.5 Å². The maximum Gasteiger partial charge on any atom is 0.352 e. The van der Waals surface area contributed by atoms with E-state index in [1.165, 1.54) is 28.3 Å². The number of rotatable bonds is 10. The van der Waals surface area contributed by atoms with Crippen molar-refractivity contribution in [2.24, 2.45) is 7.05 Å². The normalized spacial score (nSPS) is 23.8. The summed E-state index contributed by atoms with van der Waals surface area (Å²) >= 11 is 2.33. The Kier molecular flexibility index (Phi) is 9.09. The minimum Gasteiger partial charge on any atom is -0.477 e. The molecular weight excluding hydrogens is 598 g/mol. The number of urea groups is 1. The highest BCUT2D eigenvalue weighted by Crippen LogP contribution is 2.47. The standard InChI is InChI=1S/C22H29N9O9S2/c1-5-29-6-7-30(16(35)15(29)34)20(39)23-12(10(2)32)14(33)24-22(40-4)18(38)31-13(17(36)37)11(8-41-19(22)31)9-42-21-25-26-27-28(21)3/h10,12,19,32H,5-9H2,1-4H3,(H,23,39)(H,24,33)(H,36,37)/t10-,12+,19-,22-/m1/s1. The van der Waals surface area contributed by atoms with Crippen LogP contribution in [0.3, 0.4) is 0 Å². The Morgan fingerprint density at radius 2 is 1.95 bits per heavy atom. The molecule has 18 nitrogen and oxygen atoms in total. The molecule has 6 amide bonds. The summed E-state index contributed by atoms with van der Waals surface area (Å²) in [4.78, 5) is 79.3. The molecule has 0 radical (unpaired) electrons. The number of ether oxygens (including phenoxy) is 1. The number of aryl methyl sites for hydroxylation is 1. The van der Waals surface area contributed by atoms with Crippen LogP contribution in [0.25, 0.3) is 0 Å². The molecule has 1 aromatic rings. The molecule has 4 heterocycles. The van der Waals surface area contributed by atoms with Crippen molar-refractivity contribution in [2.75, 3.05) is 38.2 Å². The zero-order valence-corrected chi connectivity index (χ0v) is 24.6. The fourth-order valence-electron chi connectivity index (χ4n) is 4.60. The monoisotopic (exact) mass is 627 g/mol. The molecule has 4 rings (SSSR count). The lowest BCUT2D eigenvalue weighted by Crippen LogP contribution is -2.81. The maximum atomic E-state index is 13.4. The molecule has 4 N–H and O–H groups in total. The number of piperazine rings is 1. The number of carboxylic acids is 1. The number of carbonyl (C=O) groups excluding carboxylic acids is 5. The van der Waals surface area contributed by atoms with Crippen LogP contribution in [0.4, 0.5) is 4.79 Å². The van der Waals surface area contributed by atoms with E-state index in [2.05, 4.69) is 26.2 Å². The molecular formula is C22H29N9O9S2. The molecule has 2 fully saturated rings. The van der Waals surface area contributed by atoms with Gasteiger partial charge in [-0.25, -0.2) is 14.3 Å². The molecule has 0 bridgehead atoms. The van der Waals surface area contributed by atoms with Crippen LogP contribution >= 0.6 is 23.5 Å². The van der Waals surface area contributed by atoms with Crippen LogP contribution in [0.15, 0.2) is 16.4 Å². The van der Waals surface area contributed by atoms with Crippen molar-refractivity contribution in [3.63, 3.8) is 0 Å². The Bertz CT molecular complexity index is 1350. The number of carbonyl (C=O) groups is 6. The van der Waals surface area contributed by atoms with Crippen molar-refractivity contribution in [1.29, 1.82) is 0 Å². The summed E-state index contributed by atoms with van der Waals surface area (Å²) in [5.41, 5.74) is -1.84. The minimum atomic E-state index is -2.01. The first-order chi connectivity index (χ1) is 19.9. The van der Waals surface area contributed by atoms with E-state index in [9.17, 15) is 39.0 Å². The van der Waals surface area contributed by atoms with E-state index in [1.807, 2.05) is 0 Å². The van der Waals surface area contributed by atoms with E-state index in [0.717, 1.165) is 23.8 Å². The third-order valence-electron chi connectivity index (χ3n) is 6.88. The number of fused-ring (bicyclic) bond motifs is 1. The molecule has 0 aromatic carbocycles. The number of aromatic nitrogens is 4. The SMILES string of the molecule is CCN1CCN(C(=O)N[C@H](C(=O)N[C@@]2(OC)C(=O)N3C(C(=O)O)=C(CSc4nnnn4C)CS[C@@H]32)[C@@H](C)O)C(=O)C1=O. The number of aliphatic carboxylic acids is 1. The van der Waals surface area contributed by atoms with Gasteiger partial charge in [0.1, 0.15) is 17.1 Å². The predicted octanol–water partition coefficient (Wildman–Crippen LogP) is -2.84. The topological polar surface area (TPSA) is 229 Å². The summed E-state index contributed by atoms with van der Waals surface area (Å²) in [6, 6.07) is -2.74. The Hall–Kier alpha value is -3.75. The van der Waals surface area contributed by atoms with Crippen molar-refractivity contribution in [2.45, 2.75) is 42.2 Å². The molecule has 2 saturated heterocycles. The van der Waals surface area contributed by atoms with Gasteiger partial charge in [-0.05, 0) is 29.8 Å². The summed E-state index contributed by atoms with van der Waals surface area (Å²) < 4.78 is 6.84. The summed E-state index contributed by atoms with van der Waals surface area (Å²) in [7, 11) is 2.78. The maximum absolute atomic E-state index is 13.4. The second-order valence-corrected chi connectivity index (χ2v) is 11.4. The van der Waals surface area contributed by atoms with Crippen molar-refractivity contribution in [3.05, 3.63) is 11.3 Å². The second kappa shape index (κ2) is 12.2. The van der Waals surface area contributed by atoms with Gasteiger partial charge in [0, 0.05) is 45.3 Å². The molecule has 0 aliphatic carbocycles. The number of carboxylic acid groups (broad SMARTS) is 1. The van der Waals surface area contributed by atoms with Crippen molar-refractivity contribution >= 4 is 59.2 Å². The predicted molar refractivity (Wildman–Crippen MR) is 143 cm³/mol. The van der Waals surface area contributed by atoms with E-state index in [-0.39, 0.29) is 36.8 Å². The second-order valence-electron chi connectivity index (χ2n) is 9.41. The molecule has 0 spiro atoms. The van der Waals surface area contributed by atoms with E-state index in [4.69, 9.17) is 4.74 Å². The smallest absolute Gasteiger partial charge is 0.352 e. The van der Waals surface area contributed by atoms with E-state index in [1.54, 1.807) is 14.0 Å². The first kappa shape index (κ1) is 31.2. The lowest BCUT2D eigenvalue weighted by molar-refractivity contribution is -0.193. The van der Waals surface area contributed by atoms with Gasteiger partial charge in [-0.2, -0.15) is 0 Å². The summed E-state index contributed by atoms with van der Waals surface area (Å²) in [5, 5.41) is 35.5. The van der Waals surface area contributed by atoms with Crippen LogP contribution in [0.5, 0.6) is 0 Å². The zero-order chi connectivity index (χ0) is 30.9. The molecule has 0 saturated carbocycles. The molecule has 4 atom stereocenters. The largest absolute Gasteiger partial charge is 0.477 e. The number of hydrogen-bond acceptors (Lipinski definition) is 13. The van der Waals surface area contributed by atoms with Crippen LogP contribution < -0.4 is 10.6 Å². The van der Waals surface area contributed by atoms with Gasteiger partial charge in [0.05, 0.1) is 6.10 Å². The number of aliphatic hydroxyl groups is 1. The van der Waals surface area contributed by atoms with E-state index >= 15 is 0 Å². The van der Waals surface area contributed by atoms with Crippen molar-refractivity contribution in [1.82, 2.24) is 45.5 Å². The Balaban J connectivity index is 1.49. The number of nitrogens with one attached hydrogen (secondary N) is 2. The third kappa shape index (κ3) is 5.41. The van der Waals surface area contributed by atoms with Crippen LogP contribution in [0.2, 0.25) is 0 Å². The highest BCUT2D eigenvalue weighted by atomic mass is 32.2. The number of methoxy groups -OCH3 is 1. The molecule has 20 heteroatoms. The minimum absolute atomic E-state index is 0.103. The van der Waals surface area contributed by atoms with Gasteiger partial charge in [-0.1, -0.05) is 11.8 Å². The summed E-state index contributed by atoms with van der Waals surface area (Å²) in [6.45, 7) is 3.15. The molecule has 3 aliphatic heterocycles. The number of likely N-dealkylation sites (N-methyl/N-ethyl adjacent to an activating group) is 1. The Morgan fingerprint density at radius 1 is 1.24 bits per heavy atom. The van der Waals surface area contributed by atoms with Crippen LogP contribution in [0, 0.1) is 0 Å². The molecule has 1 aromatic heterocycles. The highest BCUT2D eigenvalue weighted by molar-refractivity contribution is 8.01. The van der Waals surface area contributed by atoms with Crippen LogP contribution in [0.1, 0.15) is 13.8 Å². The zero-order valence-electron chi connectivity index (χ0n) is 23.0. The molecule has 0 unspecified atom stereocenters. The van der Waals surface area contributed by atoms with Crippen molar-refractivity contribution < 1.29 is 43.7 Å². The van der Waals surface area contributed by atoms with Gasteiger partial charge in [-0.15, -0.1) is 16.9 Å². The van der Waals surface area contributed by atoms with Gasteiger partial charge in [0.25, 0.3) is 11.6 Å². The third-order valence-corrected chi connectivity index (χ3v) is 9.35. The molecule has 42 heavy (non-hydrogen) atoms. The van der Waals surface area contributed by atoms with Gasteiger partial charge in [0.2, 0.25) is 11.1 Å². The number of amides is 6. The Morgan fingerprint density at radius 3 is 2.52 bits per heavy atom. The van der Waals surface area contributed by atoms with Crippen LogP contribution in [-0.2, 0) is 35.8 Å². The number of aliphatic hydroxyl groups excluding tert-OH is 1. The number of imide groups is 1. The summed E-state index contributed by atoms with van der Waals surface area (Å²) in [5.74, 6) is -4.87. The number of thioether (sulfide) groups is 2. The quantitative estimate of drug-likeness (QED) is 0.0887. The number of nitrogens with zero attached hydrogens (tertiary/aromatic N) is 7. The average molecular weight is 628 g/mol. The number of β-lactam (4-membered cyclic amide) rings is 1. The highest BCUT2D eigenvalue weighted by Gasteiger charge is 2.67. The van der Waals surface area contributed by atoms with Gasteiger partial charge in [-0.3, -0.25) is 29.0 Å². The lowest BCUT2D eigenvalue weighted by Gasteiger charge is -2.56. The lowest BCUT2D eigenvalue weighted by atomic mass is 9.97. The van der Waals surface area contributed by atoms with Crippen LogP contribution in [-0.4, -0.2) is 142 Å². The summed E-state index contributed by atoms with van der Waals surface area (Å²) in [6.07, 6.45) is -1.50. The van der Waals surface area contributed by atoms with E-state index < -0.39 is 58.9 Å². The number of tetrazole rings is 1. The van der Waals surface area contributed by atoms with Gasteiger partial charge >= 0.3 is 23.8 Å². The molecule has 228 valence electrons. The average Bonchev–Trinajstić information content (AvgIpc) is 3.37. The van der Waals surface area contributed by atoms with Crippen molar-refractivity contribution in [3.8, 4) is 0 Å². The number of hydrogen-bond donors (Lipinski definition) is 4. The fourth-order valence-corrected chi connectivity index (χ4v) is 7.02.